The van der Waals surface area contributed by atoms with Crippen molar-refractivity contribution >= 4 is 39.1 Å². The van der Waals surface area contributed by atoms with Gasteiger partial charge in [0.1, 0.15) is 12.8 Å². The molecule has 0 aliphatic carbocycles. The predicted octanol–water partition coefficient (Wildman–Crippen LogP) is 3.05. The number of carbonyl (C=O) groups is 2. The van der Waals surface area contributed by atoms with Gasteiger partial charge in [0.2, 0.25) is 5.91 Å². The van der Waals surface area contributed by atoms with Gasteiger partial charge in [-0.3, -0.25) is 14.4 Å². The van der Waals surface area contributed by atoms with Crippen LogP contribution in [0.15, 0.2) is 68.8 Å². The lowest BCUT2D eigenvalue weighted by molar-refractivity contribution is -0.116. The van der Waals surface area contributed by atoms with Crippen LogP contribution in [-0.2, 0) is 17.8 Å². The molecule has 0 spiro atoms. The van der Waals surface area contributed by atoms with Crippen LogP contribution in [0, 0.1) is 0 Å². The molecule has 0 fully saturated rings. The SMILES string of the molecule is O=C(Cn1cc(Br)ccc1=O)Nc1ccc2c(c1)CCN2C(=O)c1ccoc1. The van der Waals surface area contributed by atoms with E-state index in [-0.39, 0.29) is 23.9 Å². The second kappa shape index (κ2) is 7.47. The first-order chi connectivity index (χ1) is 13.5. The van der Waals surface area contributed by atoms with Crippen LogP contribution in [0.4, 0.5) is 11.4 Å². The van der Waals surface area contributed by atoms with Crippen molar-refractivity contribution in [2.75, 3.05) is 16.8 Å². The maximum absolute atomic E-state index is 12.6. The molecule has 0 bridgehead atoms. The van der Waals surface area contributed by atoms with Crippen molar-refractivity contribution in [1.29, 1.82) is 0 Å². The normalized spacial score (nSPS) is 12.7. The molecule has 1 aromatic carbocycles. The van der Waals surface area contributed by atoms with Gasteiger partial charge in [-0.2, -0.15) is 0 Å². The van der Waals surface area contributed by atoms with Gasteiger partial charge in [-0.1, -0.05) is 0 Å². The van der Waals surface area contributed by atoms with E-state index >= 15 is 0 Å². The standard InChI is InChI=1S/C20H16BrN3O4/c21-15-1-4-19(26)23(10-15)11-18(25)22-16-2-3-17-13(9-16)5-7-24(17)20(27)14-6-8-28-12-14/h1-4,6,8-10,12H,5,7,11H2,(H,22,25). The van der Waals surface area contributed by atoms with Gasteiger partial charge in [0, 0.05) is 34.7 Å². The topological polar surface area (TPSA) is 84.5 Å². The fourth-order valence-corrected chi connectivity index (χ4v) is 3.59. The molecule has 7 nitrogen and oxygen atoms in total. The lowest BCUT2D eigenvalue weighted by Gasteiger charge is -2.16. The number of amides is 2. The summed E-state index contributed by atoms with van der Waals surface area (Å²) in [5.41, 5.74) is 2.69. The number of halogens is 1. The highest BCUT2D eigenvalue weighted by molar-refractivity contribution is 9.10. The molecular formula is C20H16BrN3O4. The van der Waals surface area contributed by atoms with Crippen LogP contribution in [0.1, 0.15) is 15.9 Å². The number of hydrogen-bond donors (Lipinski definition) is 1. The highest BCUT2D eigenvalue weighted by Gasteiger charge is 2.26. The molecule has 2 amide bonds. The first-order valence-corrected chi connectivity index (χ1v) is 9.43. The van der Waals surface area contributed by atoms with Crippen molar-refractivity contribution in [3.05, 3.63) is 81.1 Å². The molecule has 0 saturated carbocycles. The maximum atomic E-state index is 12.6. The van der Waals surface area contributed by atoms with E-state index in [1.54, 1.807) is 29.3 Å². The van der Waals surface area contributed by atoms with E-state index in [0.29, 0.717) is 24.2 Å². The van der Waals surface area contributed by atoms with Gasteiger partial charge in [0.05, 0.1) is 11.8 Å². The van der Waals surface area contributed by atoms with Crippen molar-refractivity contribution in [3.63, 3.8) is 0 Å². The minimum Gasteiger partial charge on any atom is -0.472 e. The Balaban J connectivity index is 1.48. The Morgan fingerprint density at radius 1 is 1.18 bits per heavy atom. The number of hydrogen-bond acceptors (Lipinski definition) is 4. The van der Waals surface area contributed by atoms with Gasteiger partial charge in [0.25, 0.3) is 11.5 Å². The maximum Gasteiger partial charge on any atom is 0.261 e. The van der Waals surface area contributed by atoms with Crippen LogP contribution < -0.4 is 15.8 Å². The molecule has 3 aromatic rings. The summed E-state index contributed by atoms with van der Waals surface area (Å²) in [5.74, 6) is -0.414. The second-order valence-corrected chi connectivity index (χ2v) is 7.34. The molecule has 8 heteroatoms. The summed E-state index contributed by atoms with van der Waals surface area (Å²) in [6.45, 7) is 0.491. The third kappa shape index (κ3) is 3.63. The molecule has 0 unspecified atom stereocenters. The highest BCUT2D eigenvalue weighted by Crippen LogP contribution is 2.31. The van der Waals surface area contributed by atoms with E-state index in [4.69, 9.17) is 4.42 Å². The summed E-state index contributed by atoms with van der Waals surface area (Å²) in [4.78, 5) is 38.4. The number of rotatable bonds is 4. The number of anilines is 2. The van der Waals surface area contributed by atoms with E-state index in [1.807, 2.05) is 12.1 Å². The number of fused-ring (bicyclic) bond motifs is 1. The van der Waals surface area contributed by atoms with Crippen molar-refractivity contribution in [1.82, 2.24) is 4.57 Å². The summed E-state index contributed by atoms with van der Waals surface area (Å²) in [6.07, 6.45) is 5.18. The summed E-state index contributed by atoms with van der Waals surface area (Å²) >= 11 is 3.29. The Kier molecular flexibility index (Phi) is 4.87. The van der Waals surface area contributed by atoms with Gasteiger partial charge in [-0.25, -0.2) is 0 Å². The number of pyridine rings is 1. The van der Waals surface area contributed by atoms with Gasteiger partial charge in [0.15, 0.2) is 0 Å². The molecule has 3 heterocycles. The summed E-state index contributed by atoms with van der Waals surface area (Å²) in [7, 11) is 0. The van der Waals surface area contributed by atoms with Gasteiger partial charge < -0.3 is 19.2 Å². The smallest absolute Gasteiger partial charge is 0.261 e. The lowest BCUT2D eigenvalue weighted by Crippen LogP contribution is -2.28. The monoisotopic (exact) mass is 441 g/mol. The Labute approximate surface area is 168 Å². The zero-order valence-electron chi connectivity index (χ0n) is 14.7. The summed E-state index contributed by atoms with van der Waals surface area (Å²) in [6, 6.07) is 10.1. The minimum atomic E-state index is -0.301. The molecule has 4 rings (SSSR count). The Hall–Kier alpha value is -3.13. The Morgan fingerprint density at radius 2 is 2.04 bits per heavy atom. The van der Waals surface area contributed by atoms with Crippen molar-refractivity contribution in [2.45, 2.75) is 13.0 Å². The Bertz CT molecular complexity index is 1100. The molecular weight excluding hydrogens is 426 g/mol. The van der Waals surface area contributed by atoms with Crippen LogP contribution in [0.5, 0.6) is 0 Å². The predicted molar refractivity (Wildman–Crippen MR) is 108 cm³/mol. The first kappa shape index (κ1) is 18.2. The average Bonchev–Trinajstić information content (AvgIpc) is 3.33. The van der Waals surface area contributed by atoms with Crippen LogP contribution in [0.3, 0.4) is 0 Å². The fraction of sp³-hybridized carbons (Fsp3) is 0.150. The van der Waals surface area contributed by atoms with Crippen LogP contribution >= 0.6 is 15.9 Å². The summed E-state index contributed by atoms with van der Waals surface area (Å²) < 4.78 is 7.04. The molecule has 142 valence electrons. The zero-order chi connectivity index (χ0) is 19.7. The minimum absolute atomic E-state index is 0.0829. The van der Waals surface area contributed by atoms with Crippen molar-refractivity contribution < 1.29 is 14.0 Å². The largest absolute Gasteiger partial charge is 0.472 e. The fourth-order valence-electron chi connectivity index (χ4n) is 3.21. The molecule has 1 N–H and O–H groups in total. The molecule has 1 aliphatic heterocycles. The van der Waals surface area contributed by atoms with Gasteiger partial charge in [-0.05, 0) is 58.2 Å². The van der Waals surface area contributed by atoms with E-state index in [2.05, 4.69) is 21.2 Å². The van der Waals surface area contributed by atoms with E-state index in [0.717, 1.165) is 15.7 Å². The van der Waals surface area contributed by atoms with Crippen molar-refractivity contribution in [2.24, 2.45) is 0 Å². The number of furan rings is 1. The zero-order valence-corrected chi connectivity index (χ0v) is 16.3. The number of benzene rings is 1. The summed E-state index contributed by atoms with van der Waals surface area (Å²) in [5, 5.41) is 2.81. The third-order valence-electron chi connectivity index (χ3n) is 4.53. The first-order valence-electron chi connectivity index (χ1n) is 8.64. The van der Waals surface area contributed by atoms with Gasteiger partial charge >= 0.3 is 0 Å². The number of nitrogens with zero attached hydrogens (tertiary/aromatic N) is 2. The number of nitrogens with one attached hydrogen (secondary N) is 1. The quantitative estimate of drug-likeness (QED) is 0.674. The molecule has 2 aromatic heterocycles. The third-order valence-corrected chi connectivity index (χ3v) is 5.00. The molecule has 0 saturated heterocycles. The molecule has 0 atom stereocenters. The average molecular weight is 442 g/mol. The van der Waals surface area contributed by atoms with Crippen molar-refractivity contribution in [3.8, 4) is 0 Å². The number of aromatic nitrogens is 1. The number of carbonyl (C=O) groups excluding carboxylic acids is 2. The molecule has 0 radical (unpaired) electrons. The van der Waals surface area contributed by atoms with Crippen LogP contribution in [-0.4, -0.2) is 22.9 Å². The Morgan fingerprint density at radius 3 is 2.82 bits per heavy atom. The van der Waals surface area contributed by atoms with E-state index in [1.165, 1.54) is 23.2 Å². The highest BCUT2D eigenvalue weighted by atomic mass is 79.9. The van der Waals surface area contributed by atoms with E-state index < -0.39 is 0 Å². The molecule has 1 aliphatic rings. The molecule has 28 heavy (non-hydrogen) atoms. The van der Waals surface area contributed by atoms with Crippen LogP contribution in [0.2, 0.25) is 0 Å². The van der Waals surface area contributed by atoms with Gasteiger partial charge in [-0.15, -0.1) is 0 Å². The lowest BCUT2D eigenvalue weighted by atomic mass is 10.1. The second-order valence-electron chi connectivity index (χ2n) is 6.42. The van der Waals surface area contributed by atoms with E-state index in [9.17, 15) is 14.4 Å². The van der Waals surface area contributed by atoms with Crippen LogP contribution in [0.25, 0.3) is 0 Å².